The SMILES string of the molecule is CC(c1ccccc1)N(C)CC(=O)N(C)CC(=O)NC(C)(C)C. The van der Waals surface area contributed by atoms with Crippen LogP contribution in [-0.4, -0.2) is 54.3 Å². The van der Waals surface area contributed by atoms with Crippen LogP contribution in [0.2, 0.25) is 0 Å². The van der Waals surface area contributed by atoms with Crippen molar-refractivity contribution in [3.63, 3.8) is 0 Å². The predicted molar refractivity (Wildman–Crippen MR) is 93.0 cm³/mol. The molecular formula is C18H29N3O2. The van der Waals surface area contributed by atoms with Gasteiger partial charge in [-0.05, 0) is 40.3 Å². The smallest absolute Gasteiger partial charge is 0.240 e. The Morgan fingerprint density at radius 1 is 1.09 bits per heavy atom. The number of benzene rings is 1. The predicted octanol–water partition coefficient (Wildman–Crippen LogP) is 2.05. The molecule has 0 aliphatic rings. The third kappa shape index (κ3) is 6.82. The van der Waals surface area contributed by atoms with Crippen LogP contribution >= 0.6 is 0 Å². The number of rotatable bonds is 6. The van der Waals surface area contributed by atoms with Crippen LogP contribution in [0.4, 0.5) is 0 Å². The van der Waals surface area contributed by atoms with Crippen LogP contribution in [0.5, 0.6) is 0 Å². The van der Waals surface area contributed by atoms with E-state index in [-0.39, 0.29) is 36.5 Å². The van der Waals surface area contributed by atoms with Crippen molar-refractivity contribution >= 4 is 11.8 Å². The zero-order valence-corrected chi connectivity index (χ0v) is 15.1. The fourth-order valence-electron chi connectivity index (χ4n) is 2.22. The molecule has 1 atom stereocenters. The summed E-state index contributed by atoms with van der Waals surface area (Å²) in [7, 11) is 3.57. The molecule has 0 saturated heterocycles. The topological polar surface area (TPSA) is 52.7 Å². The normalized spacial score (nSPS) is 12.8. The number of amides is 2. The van der Waals surface area contributed by atoms with E-state index in [1.54, 1.807) is 7.05 Å². The molecule has 1 unspecified atom stereocenters. The van der Waals surface area contributed by atoms with Gasteiger partial charge in [-0.3, -0.25) is 14.5 Å². The van der Waals surface area contributed by atoms with Crippen LogP contribution < -0.4 is 5.32 Å². The largest absolute Gasteiger partial charge is 0.350 e. The summed E-state index contributed by atoms with van der Waals surface area (Å²) in [5.74, 6) is -0.216. The van der Waals surface area contributed by atoms with Gasteiger partial charge in [0.2, 0.25) is 11.8 Å². The molecule has 0 aliphatic carbocycles. The van der Waals surface area contributed by atoms with Crippen LogP contribution in [0.3, 0.4) is 0 Å². The van der Waals surface area contributed by atoms with Gasteiger partial charge in [-0.1, -0.05) is 30.3 Å². The molecule has 1 aromatic carbocycles. The number of nitrogens with zero attached hydrogens (tertiary/aromatic N) is 2. The van der Waals surface area contributed by atoms with Gasteiger partial charge in [-0.2, -0.15) is 0 Å². The Balaban J connectivity index is 2.53. The molecule has 0 aliphatic heterocycles. The van der Waals surface area contributed by atoms with Gasteiger partial charge in [-0.25, -0.2) is 0 Å². The molecule has 128 valence electrons. The summed E-state index contributed by atoms with van der Waals surface area (Å²) in [6.07, 6.45) is 0. The fourth-order valence-corrected chi connectivity index (χ4v) is 2.22. The van der Waals surface area contributed by atoms with Crippen molar-refractivity contribution in [2.45, 2.75) is 39.3 Å². The van der Waals surface area contributed by atoms with Crippen molar-refractivity contribution in [3.05, 3.63) is 35.9 Å². The number of hydrogen-bond donors (Lipinski definition) is 1. The fraction of sp³-hybridized carbons (Fsp3) is 0.556. The maximum Gasteiger partial charge on any atom is 0.240 e. The van der Waals surface area contributed by atoms with Crippen LogP contribution in [0, 0.1) is 0 Å². The zero-order chi connectivity index (χ0) is 17.6. The third-order valence-electron chi connectivity index (χ3n) is 3.65. The van der Waals surface area contributed by atoms with Gasteiger partial charge in [0.15, 0.2) is 0 Å². The van der Waals surface area contributed by atoms with Gasteiger partial charge in [0.25, 0.3) is 0 Å². The second kappa shape index (κ2) is 8.11. The monoisotopic (exact) mass is 319 g/mol. The highest BCUT2D eigenvalue weighted by atomic mass is 16.2. The Bertz CT molecular complexity index is 523. The third-order valence-corrected chi connectivity index (χ3v) is 3.65. The van der Waals surface area contributed by atoms with Crippen molar-refractivity contribution < 1.29 is 9.59 Å². The lowest BCUT2D eigenvalue weighted by Crippen LogP contribution is -2.47. The van der Waals surface area contributed by atoms with Crippen molar-refractivity contribution in [2.75, 3.05) is 27.2 Å². The van der Waals surface area contributed by atoms with E-state index in [9.17, 15) is 9.59 Å². The van der Waals surface area contributed by atoms with Crippen LogP contribution in [0.1, 0.15) is 39.3 Å². The van der Waals surface area contributed by atoms with Crippen molar-refractivity contribution in [2.24, 2.45) is 0 Å². The summed E-state index contributed by atoms with van der Waals surface area (Å²) in [4.78, 5) is 27.6. The van der Waals surface area contributed by atoms with E-state index in [0.29, 0.717) is 0 Å². The Morgan fingerprint density at radius 2 is 1.65 bits per heavy atom. The molecule has 0 radical (unpaired) electrons. The van der Waals surface area contributed by atoms with Gasteiger partial charge < -0.3 is 10.2 Å². The zero-order valence-electron chi connectivity index (χ0n) is 15.1. The lowest BCUT2D eigenvalue weighted by Gasteiger charge is -2.27. The molecule has 1 N–H and O–H groups in total. The van der Waals surface area contributed by atoms with E-state index in [2.05, 4.69) is 12.2 Å². The first kappa shape index (κ1) is 19.2. The van der Waals surface area contributed by atoms with Gasteiger partial charge in [0.1, 0.15) is 0 Å². The van der Waals surface area contributed by atoms with Gasteiger partial charge in [0.05, 0.1) is 13.1 Å². The second-order valence-electron chi connectivity index (χ2n) is 7.05. The molecule has 0 aromatic heterocycles. The quantitative estimate of drug-likeness (QED) is 0.873. The molecule has 5 heteroatoms. The number of likely N-dealkylation sites (N-methyl/N-ethyl adjacent to an activating group) is 2. The molecule has 1 rings (SSSR count). The summed E-state index contributed by atoms with van der Waals surface area (Å²) in [5, 5.41) is 2.86. The molecule has 0 heterocycles. The number of carbonyl (C=O) groups excluding carboxylic acids is 2. The molecule has 0 saturated carbocycles. The first-order valence-corrected chi connectivity index (χ1v) is 7.90. The molecule has 0 bridgehead atoms. The van der Waals surface area contributed by atoms with Gasteiger partial charge in [0, 0.05) is 18.6 Å². The molecule has 1 aromatic rings. The summed E-state index contributed by atoms with van der Waals surface area (Å²) in [6.45, 7) is 8.17. The second-order valence-corrected chi connectivity index (χ2v) is 7.05. The minimum atomic E-state index is -0.292. The first-order chi connectivity index (χ1) is 10.6. The van der Waals surface area contributed by atoms with E-state index in [1.807, 2.05) is 63.1 Å². The lowest BCUT2D eigenvalue weighted by molar-refractivity contribution is -0.136. The van der Waals surface area contributed by atoms with Crippen LogP contribution in [-0.2, 0) is 9.59 Å². The lowest BCUT2D eigenvalue weighted by atomic mass is 10.1. The molecule has 5 nitrogen and oxygen atoms in total. The minimum absolute atomic E-state index is 0.0701. The maximum absolute atomic E-state index is 12.3. The highest BCUT2D eigenvalue weighted by Crippen LogP contribution is 2.17. The Hall–Kier alpha value is -1.88. The van der Waals surface area contributed by atoms with E-state index in [4.69, 9.17) is 0 Å². The Kier molecular flexibility index (Phi) is 6.76. The van der Waals surface area contributed by atoms with E-state index >= 15 is 0 Å². The van der Waals surface area contributed by atoms with Gasteiger partial charge in [-0.15, -0.1) is 0 Å². The standard InChI is InChI=1S/C18H29N3O2/c1-14(15-10-8-7-9-11-15)20(5)13-17(23)21(6)12-16(22)19-18(2,3)4/h7-11,14H,12-13H2,1-6H3,(H,19,22). The summed E-state index contributed by atoms with van der Waals surface area (Å²) < 4.78 is 0. The molecule has 0 fully saturated rings. The molecule has 0 spiro atoms. The Morgan fingerprint density at radius 3 is 2.17 bits per heavy atom. The summed E-state index contributed by atoms with van der Waals surface area (Å²) in [5.41, 5.74) is 0.871. The Labute approximate surface area is 139 Å². The maximum atomic E-state index is 12.3. The average Bonchev–Trinajstić information content (AvgIpc) is 2.45. The van der Waals surface area contributed by atoms with E-state index in [1.165, 1.54) is 4.90 Å². The van der Waals surface area contributed by atoms with Crippen molar-refractivity contribution in [1.82, 2.24) is 15.1 Å². The highest BCUT2D eigenvalue weighted by molar-refractivity contribution is 5.85. The number of hydrogen-bond acceptors (Lipinski definition) is 3. The molecule has 2 amide bonds. The summed E-state index contributed by atoms with van der Waals surface area (Å²) in [6, 6.07) is 10.2. The van der Waals surface area contributed by atoms with Crippen molar-refractivity contribution in [1.29, 1.82) is 0 Å². The number of nitrogens with one attached hydrogen (secondary N) is 1. The van der Waals surface area contributed by atoms with Crippen molar-refractivity contribution in [3.8, 4) is 0 Å². The van der Waals surface area contributed by atoms with Gasteiger partial charge >= 0.3 is 0 Å². The molecule has 23 heavy (non-hydrogen) atoms. The van der Waals surface area contributed by atoms with Crippen LogP contribution in [0.15, 0.2) is 30.3 Å². The highest BCUT2D eigenvalue weighted by Gasteiger charge is 2.20. The average molecular weight is 319 g/mol. The minimum Gasteiger partial charge on any atom is -0.350 e. The van der Waals surface area contributed by atoms with Crippen LogP contribution in [0.25, 0.3) is 0 Å². The van der Waals surface area contributed by atoms with E-state index < -0.39 is 0 Å². The summed E-state index contributed by atoms with van der Waals surface area (Å²) >= 11 is 0. The first-order valence-electron chi connectivity index (χ1n) is 7.90. The number of carbonyl (C=O) groups is 2. The molecular weight excluding hydrogens is 290 g/mol. The van der Waals surface area contributed by atoms with E-state index in [0.717, 1.165) is 5.56 Å².